The Balaban J connectivity index is 0.00000361. The van der Waals surface area contributed by atoms with Gasteiger partial charge in [-0.1, -0.05) is 13.8 Å². The SMILES string of the molecule is CCC(CC)(CCO)CNC(=O)[C@H]1CCN[C@@H](C)C1.Cl. The second-order valence-corrected chi connectivity index (χ2v) is 5.97. The molecule has 1 aliphatic rings. The van der Waals surface area contributed by atoms with Crippen molar-refractivity contribution in [2.45, 2.75) is 58.9 Å². The molecule has 1 fully saturated rings. The lowest BCUT2D eigenvalue weighted by atomic mass is 9.79. The smallest absolute Gasteiger partial charge is 0.223 e. The first-order valence-corrected chi connectivity index (χ1v) is 7.69. The maximum absolute atomic E-state index is 12.2. The number of carbonyl (C=O) groups excluding carboxylic acids is 1. The van der Waals surface area contributed by atoms with Crippen molar-refractivity contribution in [2.75, 3.05) is 19.7 Å². The van der Waals surface area contributed by atoms with E-state index < -0.39 is 0 Å². The molecule has 2 atom stereocenters. The zero-order chi connectivity index (χ0) is 14.3. The summed E-state index contributed by atoms with van der Waals surface area (Å²) >= 11 is 0. The van der Waals surface area contributed by atoms with Crippen LogP contribution in [-0.4, -0.2) is 36.8 Å². The second kappa shape index (κ2) is 9.59. The van der Waals surface area contributed by atoms with Crippen LogP contribution < -0.4 is 10.6 Å². The Kier molecular flexibility index (Phi) is 9.43. The molecule has 1 amide bonds. The Hall–Kier alpha value is -0.320. The first-order valence-electron chi connectivity index (χ1n) is 7.69. The van der Waals surface area contributed by atoms with Gasteiger partial charge >= 0.3 is 0 Å². The van der Waals surface area contributed by atoms with Crippen molar-refractivity contribution in [1.29, 1.82) is 0 Å². The lowest BCUT2D eigenvalue weighted by Crippen LogP contribution is -2.45. The van der Waals surface area contributed by atoms with Gasteiger partial charge in [0.25, 0.3) is 0 Å². The number of hydrogen-bond donors (Lipinski definition) is 3. The first kappa shape index (κ1) is 19.7. The van der Waals surface area contributed by atoms with Crippen LogP contribution in [0, 0.1) is 11.3 Å². The van der Waals surface area contributed by atoms with Crippen molar-refractivity contribution in [3.05, 3.63) is 0 Å². The van der Waals surface area contributed by atoms with E-state index in [1.165, 1.54) is 0 Å². The summed E-state index contributed by atoms with van der Waals surface area (Å²) in [5.41, 5.74) is 0.0585. The Bertz CT molecular complexity index is 283. The molecule has 0 saturated carbocycles. The third-order valence-electron chi connectivity index (χ3n) is 4.77. The van der Waals surface area contributed by atoms with Crippen molar-refractivity contribution in [3.63, 3.8) is 0 Å². The fourth-order valence-electron chi connectivity index (χ4n) is 2.97. The fourth-order valence-corrected chi connectivity index (χ4v) is 2.97. The number of aliphatic hydroxyl groups excluding tert-OH is 1. The molecule has 0 unspecified atom stereocenters. The van der Waals surface area contributed by atoms with E-state index in [2.05, 4.69) is 31.4 Å². The zero-order valence-corrected chi connectivity index (χ0v) is 13.9. The molecule has 0 aromatic rings. The maximum atomic E-state index is 12.2. The van der Waals surface area contributed by atoms with Gasteiger partial charge in [-0.2, -0.15) is 0 Å². The lowest BCUT2D eigenvalue weighted by Gasteiger charge is -2.33. The molecule has 3 N–H and O–H groups in total. The van der Waals surface area contributed by atoms with Gasteiger partial charge in [-0.3, -0.25) is 4.79 Å². The summed E-state index contributed by atoms with van der Waals surface area (Å²) < 4.78 is 0. The zero-order valence-electron chi connectivity index (χ0n) is 13.1. The van der Waals surface area contributed by atoms with Gasteiger partial charge < -0.3 is 15.7 Å². The van der Waals surface area contributed by atoms with Crippen LogP contribution in [0.25, 0.3) is 0 Å². The number of aliphatic hydroxyl groups is 1. The van der Waals surface area contributed by atoms with E-state index in [1.807, 2.05) is 0 Å². The summed E-state index contributed by atoms with van der Waals surface area (Å²) in [4.78, 5) is 12.2. The van der Waals surface area contributed by atoms with Crippen LogP contribution in [0.2, 0.25) is 0 Å². The molecule has 1 rings (SSSR count). The largest absolute Gasteiger partial charge is 0.396 e. The summed E-state index contributed by atoms with van der Waals surface area (Å²) in [5.74, 6) is 0.342. The Morgan fingerprint density at radius 2 is 2.05 bits per heavy atom. The van der Waals surface area contributed by atoms with Crippen LogP contribution in [0.1, 0.15) is 52.9 Å². The van der Waals surface area contributed by atoms with Crippen molar-refractivity contribution in [2.24, 2.45) is 11.3 Å². The molecule has 0 bridgehead atoms. The molecule has 120 valence electrons. The van der Waals surface area contributed by atoms with Crippen molar-refractivity contribution < 1.29 is 9.90 Å². The van der Waals surface area contributed by atoms with Gasteiger partial charge in [-0.25, -0.2) is 0 Å². The van der Waals surface area contributed by atoms with E-state index in [0.717, 1.165) is 38.6 Å². The molecule has 0 spiro atoms. The molecule has 1 aliphatic heterocycles. The van der Waals surface area contributed by atoms with Crippen molar-refractivity contribution in [1.82, 2.24) is 10.6 Å². The van der Waals surface area contributed by atoms with Crippen LogP contribution in [0.5, 0.6) is 0 Å². The molecule has 0 aromatic carbocycles. The fraction of sp³-hybridized carbons (Fsp3) is 0.933. The third kappa shape index (κ3) is 5.58. The lowest BCUT2D eigenvalue weighted by molar-refractivity contribution is -0.126. The van der Waals surface area contributed by atoms with Crippen LogP contribution >= 0.6 is 12.4 Å². The van der Waals surface area contributed by atoms with Gasteiger partial charge in [-0.15, -0.1) is 12.4 Å². The predicted molar refractivity (Wildman–Crippen MR) is 85.2 cm³/mol. The van der Waals surface area contributed by atoms with E-state index in [0.29, 0.717) is 12.6 Å². The molecule has 20 heavy (non-hydrogen) atoms. The Morgan fingerprint density at radius 1 is 1.40 bits per heavy atom. The summed E-state index contributed by atoms with van der Waals surface area (Å²) in [5, 5.41) is 15.7. The molecule has 5 heteroatoms. The summed E-state index contributed by atoms with van der Waals surface area (Å²) in [7, 11) is 0. The van der Waals surface area contributed by atoms with Crippen molar-refractivity contribution >= 4 is 18.3 Å². The Labute approximate surface area is 129 Å². The highest BCUT2D eigenvalue weighted by molar-refractivity contribution is 5.85. The van der Waals surface area contributed by atoms with Crippen LogP contribution in [0.3, 0.4) is 0 Å². The molecule has 0 aromatic heterocycles. The van der Waals surface area contributed by atoms with Crippen LogP contribution in [-0.2, 0) is 4.79 Å². The summed E-state index contributed by atoms with van der Waals surface area (Å²) in [6.45, 7) is 8.23. The molecule has 1 saturated heterocycles. The monoisotopic (exact) mass is 306 g/mol. The van der Waals surface area contributed by atoms with Crippen molar-refractivity contribution in [3.8, 4) is 0 Å². The molecule has 1 heterocycles. The van der Waals surface area contributed by atoms with E-state index >= 15 is 0 Å². The van der Waals surface area contributed by atoms with Crippen LogP contribution in [0.15, 0.2) is 0 Å². The molecule has 0 radical (unpaired) electrons. The minimum absolute atomic E-state index is 0. The average Bonchev–Trinajstić information content (AvgIpc) is 2.43. The van der Waals surface area contributed by atoms with E-state index in [-0.39, 0.29) is 36.3 Å². The number of amides is 1. The van der Waals surface area contributed by atoms with Gasteiger partial charge in [0.2, 0.25) is 5.91 Å². The summed E-state index contributed by atoms with van der Waals surface area (Å²) in [6, 6.07) is 0.434. The Morgan fingerprint density at radius 3 is 2.55 bits per heavy atom. The van der Waals surface area contributed by atoms with E-state index in [9.17, 15) is 9.90 Å². The van der Waals surface area contributed by atoms with Gasteiger partial charge in [0.05, 0.1) is 0 Å². The number of hydrogen-bond acceptors (Lipinski definition) is 3. The molecular formula is C15H31ClN2O2. The molecular weight excluding hydrogens is 276 g/mol. The van der Waals surface area contributed by atoms with Gasteiger partial charge in [0.1, 0.15) is 0 Å². The highest BCUT2D eigenvalue weighted by atomic mass is 35.5. The number of piperidine rings is 1. The quantitative estimate of drug-likeness (QED) is 0.675. The molecule has 4 nitrogen and oxygen atoms in total. The van der Waals surface area contributed by atoms with Crippen LogP contribution in [0.4, 0.5) is 0 Å². The van der Waals surface area contributed by atoms with Gasteiger partial charge in [0, 0.05) is 25.1 Å². The summed E-state index contributed by atoms with van der Waals surface area (Å²) in [6.07, 6.45) is 4.61. The highest BCUT2D eigenvalue weighted by Gasteiger charge is 2.29. The average molecular weight is 307 g/mol. The predicted octanol–water partition coefficient (Wildman–Crippen LogP) is 2.10. The normalized spacial score (nSPS) is 23.0. The standard InChI is InChI=1S/C15H30N2O2.ClH/c1-4-15(5-2,7-9-18)11-17-14(19)13-6-8-16-12(3)10-13;/h12-13,16,18H,4-11H2,1-3H3,(H,17,19);1H/t12-,13-;/m0./s1. The van der Waals surface area contributed by atoms with E-state index in [1.54, 1.807) is 0 Å². The minimum atomic E-state index is 0. The molecule has 0 aliphatic carbocycles. The minimum Gasteiger partial charge on any atom is -0.396 e. The number of carbonyl (C=O) groups is 1. The van der Waals surface area contributed by atoms with Gasteiger partial charge in [0.15, 0.2) is 0 Å². The number of halogens is 1. The first-order chi connectivity index (χ1) is 9.06. The third-order valence-corrected chi connectivity index (χ3v) is 4.77. The van der Waals surface area contributed by atoms with E-state index in [4.69, 9.17) is 0 Å². The highest BCUT2D eigenvalue weighted by Crippen LogP contribution is 2.29. The number of nitrogens with one attached hydrogen (secondary N) is 2. The maximum Gasteiger partial charge on any atom is 0.223 e. The number of rotatable bonds is 7. The van der Waals surface area contributed by atoms with Gasteiger partial charge in [-0.05, 0) is 51.0 Å². The topological polar surface area (TPSA) is 61.4 Å². The second-order valence-electron chi connectivity index (χ2n) is 5.97.